The first-order chi connectivity index (χ1) is 18.2. The molecule has 1 aromatic carbocycles. The van der Waals surface area contributed by atoms with Crippen LogP contribution in [0.1, 0.15) is 40.9 Å². The number of pyridine rings is 2. The smallest absolute Gasteiger partial charge is 0.254 e. The van der Waals surface area contributed by atoms with E-state index in [1.165, 1.54) is 5.56 Å². The maximum absolute atomic E-state index is 13.8. The molecule has 0 N–H and O–H groups in total. The SMILES string of the molecule is O=C(c1cc(-c2cccnc2)nc2c1cnn2Cc1ccco1)N1CCC(CCc2ccccc2)CC1. The van der Waals surface area contributed by atoms with Crippen molar-refractivity contribution in [2.45, 2.75) is 32.2 Å². The van der Waals surface area contributed by atoms with E-state index >= 15 is 0 Å². The molecule has 1 fully saturated rings. The standard InChI is InChI=1S/C30H29N5O2/c36-30(34-15-12-23(13-16-34)11-10-22-6-2-1-3-7-22)26-18-28(24-8-4-14-31-19-24)33-29-27(26)20-32-35(29)21-25-9-5-17-37-25/h1-9,14,17-20,23H,10-13,15-16,21H2. The summed E-state index contributed by atoms with van der Waals surface area (Å²) < 4.78 is 7.32. The molecule has 0 spiro atoms. The Labute approximate surface area is 215 Å². The second kappa shape index (κ2) is 10.4. The summed E-state index contributed by atoms with van der Waals surface area (Å²) in [6.45, 7) is 1.98. The number of fused-ring (bicyclic) bond motifs is 1. The lowest BCUT2D eigenvalue weighted by Crippen LogP contribution is -2.38. The Kier molecular flexibility index (Phi) is 6.50. The molecule has 0 aliphatic carbocycles. The van der Waals surface area contributed by atoms with E-state index in [1.54, 1.807) is 29.5 Å². The van der Waals surface area contributed by atoms with E-state index in [-0.39, 0.29) is 5.91 Å². The number of aryl methyl sites for hydroxylation is 1. The van der Waals surface area contributed by atoms with Gasteiger partial charge in [0, 0.05) is 31.0 Å². The van der Waals surface area contributed by atoms with Crippen LogP contribution in [0.3, 0.4) is 0 Å². The first kappa shape index (κ1) is 23.2. The third-order valence-corrected chi connectivity index (χ3v) is 7.27. The van der Waals surface area contributed by atoms with Crippen LogP contribution < -0.4 is 0 Å². The Morgan fingerprint density at radius 1 is 1.00 bits per heavy atom. The maximum atomic E-state index is 13.8. The molecule has 186 valence electrons. The monoisotopic (exact) mass is 491 g/mol. The van der Waals surface area contributed by atoms with Gasteiger partial charge in [-0.15, -0.1) is 0 Å². The fourth-order valence-corrected chi connectivity index (χ4v) is 5.16. The number of hydrogen-bond acceptors (Lipinski definition) is 5. The van der Waals surface area contributed by atoms with Crippen LogP contribution in [0.15, 0.2) is 89.9 Å². The molecule has 6 rings (SSSR count). The van der Waals surface area contributed by atoms with Gasteiger partial charge in [-0.3, -0.25) is 9.78 Å². The predicted octanol–water partition coefficient (Wildman–Crippen LogP) is 5.62. The van der Waals surface area contributed by atoms with Crippen molar-refractivity contribution >= 4 is 16.9 Å². The van der Waals surface area contributed by atoms with Gasteiger partial charge in [0.2, 0.25) is 0 Å². The summed E-state index contributed by atoms with van der Waals surface area (Å²) in [5.41, 5.74) is 4.26. The van der Waals surface area contributed by atoms with Crippen molar-refractivity contribution in [2.24, 2.45) is 5.92 Å². The van der Waals surface area contributed by atoms with E-state index in [9.17, 15) is 4.79 Å². The Morgan fingerprint density at radius 2 is 1.86 bits per heavy atom. The van der Waals surface area contributed by atoms with Gasteiger partial charge in [0.25, 0.3) is 5.91 Å². The quantitative estimate of drug-likeness (QED) is 0.295. The number of carbonyl (C=O) groups excluding carboxylic acids is 1. The predicted molar refractivity (Wildman–Crippen MR) is 142 cm³/mol. The molecule has 0 radical (unpaired) electrons. The molecule has 37 heavy (non-hydrogen) atoms. The van der Waals surface area contributed by atoms with E-state index in [1.807, 2.05) is 35.2 Å². The molecule has 5 heterocycles. The molecule has 1 amide bonds. The van der Waals surface area contributed by atoms with Gasteiger partial charge in [-0.25, -0.2) is 9.67 Å². The molecule has 1 saturated heterocycles. The number of furan rings is 1. The van der Waals surface area contributed by atoms with E-state index in [0.29, 0.717) is 29.4 Å². The minimum absolute atomic E-state index is 0.0385. The molecule has 7 nitrogen and oxygen atoms in total. The summed E-state index contributed by atoms with van der Waals surface area (Å²) in [6.07, 6.45) is 11.2. The zero-order chi connectivity index (χ0) is 25.0. The molecule has 0 bridgehead atoms. The van der Waals surface area contributed by atoms with Crippen LogP contribution in [0.25, 0.3) is 22.3 Å². The zero-order valence-corrected chi connectivity index (χ0v) is 20.7. The fourth-order valence-electron chi connectivity index (χ4n) is 5.16. The topological polar surface area (TPSA) is 77.0 Å². The summed E-state index contributed by atoms with van der Waals surface area (Å²) >= 11 is 0. The molecular formula is C30H29N5O2. The van der Waals surface area contributed by atoms with Crippen molar-refractivity contribution < 1.29 is 9.21 Å². The van der Waals surface area contributed by atoms with Gasteiger partial charge in [-0.1, -0.05) is 30.3 Å². The summed E-state index contributed by atoms with van der Waals surface area (Å²) in [4.78, 5) is 25.0. The van der Waals surface area contributed by atoms with Gasteiger partial charge in [0.15, 0.2) is 5.65 Å². The molecular weight excluding hydrogens is 462 g/mol. The summed E-state index contributed by atoms with van der Waals surface area (Å²) in [5, 5.41) is 5.33. The number of piperidine rings is 1. The minimum atomic E-state index is 0.0385. The summed E-state index contributed by atoms with van der Waals surface area (Å²) in [6, 6.07) is 20.1. The second-order valence-electron chi connectivity index (χ2n) is 9.68. The van der Waals surface area contributed by atoms with E-state index in [2.05, 4.69) is 40.4 Å². The third-order valence-electron chi connectivity index (χ3n) is 7.27. The van der Waals surface area contributed by atoms with E-state index < -0.39 is 0 Å². The van der Waals surface area contributed by atoms with Crippen LogP contribution in [0.5, 0.6) is 0 Å². The molecule has 5 aromatic rings. The van der Waals surface area contributed by atoms with Crippen molar-refractivity contribution in [1.29, 1.82) is 0 Å². The molecule has 1 aliphatic heterocycles. The number of likely N-dealkylation sites (tertiary alicyclic amines) is 1. The maximum Gasteiger partial charge on any atom is 0.254 e. The number of amides is 1. The lowest BCUT2D eigenvalue weighted by atomic mass is 9.90. The van der Waals surface area contributed by atoms with Gasteiger partial charge in [0.05, 0.1) is 29.1 Å². The molecule has 0 saturated carbocycles. The highest BCUT2D eigenvalue weighted by molar-refractivity contribution is 6.06. The second-order valence-corrected chi connectivity index (χ2v) is 9.68. The lowest BCUT2D eigenvalue weighted by Gasteiger charge is -2.32. The van der Waals surface area contributed by atoms with E-state index in [4.69, 9.17) is 9.40 Å². The highest BCUT2D eigenvalue weighted by atomic mass is 16.3. The highest BCUT2D eigenvalue weighted by Crippen LogP contribution is 2.28. The number of carbonyl (C=O) groups is 1. The van der Waals surface area contributed by atoms with Gasteiger partial charge in [-0.2, -0.15) is 5.10 Å². The zero-order valence-electron chi connectivity index (χ0n) is 20.7. The van der Waals surface area contributed by atoms with Crippen LogP contribution >= 0.6 is 0 Å². The van der Waals surface area contributed by atoms with Gasteiger partial charge < -0.3 is 9.32 Å². The average molecular weight is 492 g/mol. The van der Waals surface area contributed by atoms with Crippen molar-refractivity contribution in [3.8, 4) is 11.3 Å². The summed E-state index contributed by atoms with van der Waals surface area (Å²) in [5.74, 6) is 1.46. The minimum Gasteiger partial charge on any atom is -0.467 e. The van der Waals surface area contributed by atoms with Crippen LogP contribution in [0, 0.1) is 5.92 Å². The van der Waals surface area contributed by atoms with Crippen LogP contribution in [0.2, 0.25) is 0 Å². The number of hydrogen-bond donors (Lipinski definition) is 0. The average Bonchev–Trinajstić information content (AvgIpc) is 3.63. The van der Waals surface area contributed by atoms with Gasteiger partial charge in [-0.05, 0) is 67.5 Å². The van der Waals surface area contributed by atoms with Crippen LogP contribution in [0.4, 0.5) is 0 Å². The van der Waals surface area contributed by atoms with Crippen molar-refractivity contribution in [2.75, 3.05) is 13.1 Å². The molecule has 7 heteroatoms. The van der Waals surface area contributed by atoms with E-state index in [0.717, 1.165) is 55.5 Å². The fraction of sp³-hybridized carbons (Fsp3) is 0.267. The highest BCUT2D eigenvalue weighted by Gasteiger charge is 2.26. The third kappa shape index (κ3) is 5.03. The largest absolute Gasteiger partial charge is 0.467 e. The van der Waals surface area contributed by atoms with Crippen molar-refractivity contribution in [3.05, 3.63) is 102 Å². The number of nitrogens with zero attached hydrogens (tertiary/aromatic N) is 5. The van der Waals surface area contributed by atoms with Crippen LogP contribution in [-0.4, -0.2) is 43.6 Å². The van der Waals surface area contributed by atoms with Crippen molar-refractivity contribution in [1.82, 2.24) is 24.6 Å². The molecule has 1 aliphatic rings. The Hall–Kier alpha value is -4.26. The summed E-state index contributed by atoms with van der Waals surface area (Å²) in [7, 11) is 0. The normalized spacial score (nSPS) is 14.3. The van der Waals surface area contributed by atoms with Gasteiger partial charge in [0.1, 0.15) is 12.3 Å². The van der Waals surface area contributed by atoms with Crippen LogP contribution in [-0.2, 0) is 13.0 Å². The first-order valence-electron chi connectivity index (χ1n) is 12.9. The molecule has 0 atom stereocenters. The van der Waals surface area contributed by atoms with Crippen molar-refractivity contribution in [3.63, 3.8) is 0 Å². The lowest BCUT2D eigenvalue weighted by molar-refractivity contribution is 0.0689. The Balaban J connectivity index is 1.25. The van der Waals surface area contributed by atoms with Gasteiger partial charge >= 0.3 is 0 Å². The molecule has 4 aromatic heterocycles. The first-order valence-corrected chi connectivity index (χ1v) is 12.9. The number of rotatable bonds is 7. The number of aromatic nitrogens is 4. The number of benzene rings is 1. The Morgan fingerprint density at radius 3 is 2.62 bits per heavy atom. The molecule has 0 unspecified atom stereocenters. The Bertz CT molecular complexity index is 1470.